The number of carbonyl (C=O) groups excluding carboxylic acids is 1. The Morgan fingerprint density at radius 1 is 1.13 bits per heavy atom. The summed E-state index contributed by atoms with van der Waals surface area (Å²) in [6.45, 7) is 2.14. The van der Waals surface area contributed by atoms with E-state index in [0.717, 1.165) is 51.4 Å². The number of esters is 1. The zero-order valence-corrected chi connectivity index (χ0v) is 14.2. The molecule has 1 aliphatic heterocycles. The predicted molar refractivity (Wildman–Crippen MR) is 88.9 cm³/mol. The van der Waals surface area contributed by atoms with Gasteiger partial charge < -0.3 is 20.1 Å². The van der Waals surface area contributed by atoms with E-state index in [1.54, 1.807) is 0 Å². The summed E-state index contributed by atoms with van der Waals surface area (Å²) in [5.41, 5.74) is 0. The average molecular weight is 328 g/mol. The predicted octanol–water partition coefficient (Wildman–Crippen LogP) is 2.47. The van der Waals surface area contributed by atoms with Crippen LogP contribution in [0, 0.1) is 0 Å². The summed E-state index contributed by atoms with van der Waals surface area (Å²) < 4.78 is 5.48. The van der Waals surface area contributed by atoms with Gasteiger partial charge in [-0.3, -0.25) is 0 Å². The highest BCUT2D eigenvalue weighted by atomic mass is 16.5. The molecule has 0 aromatic heterocycles. The molecule has 1 rings (SSSR count). The van der Waals surface area contributed by atoms with E-state index in [2.05, 4.69) is 6.92 Å². The molecule has 23 heavy (non-hydrogen) atoms. The summed E-state index contributed by atoms with van der Waals surface area (Å²) in [5.74, 6) is -0.477. The number of unbranched alkanes of at least 4 members (excludes halogenated alkanes) is 2. The highest BCUT2D eigenvalue weighted by molar-refractivity contribution is 5.82. The Labute approximate surface area is 139 Å². The number of ether oxygens (including phenoxy) is 1. The van der Waals surface area contributed by atoms with Crippen molar-refractivity contribution in [2.75, 3.05) is 0 Å². The molecule has 0 radical (unpaired) electrons. The van der Waals surface area contributed by atoms with E-state index >= 15 is 0 Å². The molecule has 3 N–H and O–H groups in total. The maximum absolute atomic E-state index is 11.9. The number of aliphatic hydroxyl groups is 3. The minimum atomic E-state index is -1.17. The van der Waals surface area contributed by atoms with Gasteiger partial charge in [-0.1, -0.05) is 32.6 Å². The lowest BCUT2D eigenvalue weighted by molar-refractivity contribution is -0.143. The second-order valence-electron chi connectivity index (χ2n) is 6.50. The van der Waals surface area contributed by atoms with Crippen molar-refractivity contribution >= 4 is 5.97 Å². The van der Waals surface area contributed by atoms with Crippen LogP contribution in [-0.4, -0.2) is 45.7 Å². The molecule has 0 bridgehead atoms. The lowest BCUT2D eigenvalue weighted by Crippen LogP contribution is -2.29. The third-order valence-corrected chi connectivity index (χ3v) is 4.31. The lowest BCUT2D eigenvalue weighted by Gasteiger charge is -2.20. The van der Waals surface area contributed by atoms with Crippen LogP contribution < -0.4 is 0 Å². The van der Waals surface area contributed by atoms with Crippen LogP contribution in [0.3, 0.4) is 0 Å². The number of rotatable bonds is 4. The van der Waals surface area contributed by atoms with Gasteiger partial charge in [0.25, 0.3) is 0 Å². The molecule has 0 amide bonds. The van der Waals surface area contributed by atoms with Crippen molar-refractivity contribution in [3.8, 4) is 0 Å². The second-order valence-corrected chi connectivity index (χ2v) is 6.50. The molecule has 0 fully saturated rings. The van der Waals surface area contributed by atoms with E-state index in [-0.39, 0.29) is 12.5 Å². The molecule has 1 heterocycles. The largest absolute Gasteiger partial charge is 0.459 e. The van der Waals surface area contributed by atoms with E-state index in [9.17, 15) is 20.1 Å². The van der Waals surface area contributed by atoms with Crippen LogP contribution in [0.2, 0.25) is 0 Å². The molecule has 0 spiro atoms. The Morgan fingerprint density at radius 3 is 2.61 bits per heavy atom. The molecule has 0 aliphatic carbocycles. The van der Waals surface area contributed by atoms with Crippen LogP contribution in [0.1, 0.15) is 71.1 Å². The third kappa shape index (κ3) is 9.08. The maximum Gasteiger partial charge on any atom is 0.330 e. The maximum atomic E-state index is 11.9. The third-order valence-electron chi connectivity index (χ3n) is 4.31. The molecule has 1 aliphatic rings. The molecular weight excluding hydrogens is 296 g/mol. The van der Waals surface area contributed by atoms with Gasteiger partial charge in [0.15, 0.2) is 0 Å². The Kier molecular flexibility index (Phi) is 10.2. The van der Waals surface area contributed by atoms with Gasteiger partial charge in [-0.2, -0.15) is 0 Å². The first kappa shape index (κ1) is 20.1. The molecular formula is C18H32O5. The van der Waals surface area contributed by atoms with Crippen molar-refractivity contribution in [1.29, 1.82) is 0 Å². The van der Waals surface area contributed by atoms with E-state index in [1.807, 2.05) is 0 Å². The molecule has 5 nitrogen and oxygen atoms in total. The molecule has 0 aromatic rings. The summed E-state index contributed by atoms with van der Waals surface area (Å²) in [7, 11) is 0. The van der Waals surface area contributed by atoms with Crippen LogP contribution in [0.5, 0.6) is 0 Å². The van der Waals surface area contributed by atoms with Crippen LogP contribution in [0.15, 0.2) is 12.2 Å². The highest BCUT2D eigenvalue weighted by Crippen LogP contribution is 2.18. The highest BCUT2D eigenvalue weighted by Gasteiger charge is 2.19. The van der Waals surface area contributed by atoms with Gasteiger partial charge in [0.2, 0.25) is 0 Å². The van der Waals surface area contributed by atoms with Crippen molar-refractivity contribution in [2.24, 2.45) is 0 Å². The first-order valence-electron chi connectivity index (χ1n) is 8.96. The first-order valence-corrected chi connectivity index (χ1v) is 8.96. The summed E-state index contributed by atoms with van der Waals surface area (Å²) in [5, 5.41) is 29.5. The first-order chi connectivity index (χ1) is 11.0. The van der Waals surface area contributed by atoms with Gasteiger partial charge in [0.05, 0.1) is 18.3 Å². The fourth-order valence-electron chi connectivity index (χ4n) is 2.86. The number of carbonyl (C=O) groups is 1. The zero-order valence-electron chi connectivity index (χ0n) is 14.2. The Hall–Kier alpha value is -0.910. The van der Waals surface area contributed by atoms with E-state index in [0.29, 0.717) is 6.42 Å². The Balaban J connectivity index is 2.63. The van der Waals surface area contributed by atoms with Gasteiger partial charge >= 0.3 is 5.97 Å². The molecule has 4 atom stereocenters. The fourth-order valence-corrected chi connectivity index (χ4v) is 2.86. The van der Waals surface area contributed by atoms with Gasteiger partial charge in [-0.15, -0.1) is 0 Å². The SMILES string of the molecule is CCCCC[C@H]1CCCCC[C@H](O)C[C@H](O)[C@H](O)/C=C\C(=O)O1. The molecule has 0 saturated heterocycles. The van der Waals surface area contributed by atoms with Crippen molar-refractivity contribution in [3.05, 3.63) is 12.2 Å². The van der Waals surface area contributed by atoms with Crippen molar-refractivity contribution in [2.45, 2.75) is 95.5 Å². The minimum absolute atomic E-state index is 0.0892. The molecule has 5 heteroatoms. The smallest absolute Gasteiger partial charge is 0.330 e. The Bertz CT molecular complexity index is 355. The number of cyclic esters (lactones) is 1. The second kappa shape index (κ2) is 11.6. The number of hydrogen-bond donors (Lipinski definition) is 3. The van der Waals surface area contributed by atoms with E-state index < -0.39 is 24.3 Å². The minimum Gasteiger partial charge on any atom is -0.459 e. The van der Waals surface area contributed by atoms with Crippen LogP contribution in [-0.2, 0) is 9.53 Å². The fraction of sp³-hybridized carbons (Fsp3) is 0.833. The summed E-state index contributed by atoms with van der Waals surface area (Å²) >= 11 is 0. The van der Waals surface area contributed by atoms with Gasteiger partial charge in [0, 0.05) is 12.5 Å². The van der Waals surface area contributed by atoms with Gasteiger partial charge in [0.1, 0.15) is 6.10 Å². The summed E-state index contributed by atoms with van der Waals surface area (Å²) in [6, 6.07) is 0. The standard InChI is InChI=1S/C18H32O5/c1-2-3-5-9-15-10-7-4-6-8-14(19)13-17(21)16(20)11-12-18(22)23-15/h11-12,14-17,19-21H,2-10,13H2,1H3/b12-11-/t14-,15-,16+,17-/m0/s1. The van der Waals surface area contributed by atoms with Crippen molar-refractivity contribution in [3.63, 3.8) is 0 Å². The van der Waals surface area contributed by atoms with E-state index in [1.165, 1.54) is 12.2 Å². The summed E-state index contributed by atoms with van der Waals surface area (Å²) in [6.07, 6.45) is 8.00. The van der Waals surface area contributed by atoms with Crippen molar-refractivity contribution < 1.29 is 24.9 Å². The van der Waals surface area contributed by atoms with Gasteiger partial charge in [-0.05, 0) is 38.2 Å². The number of aliphatic hydroxyl groups excluding tert-OH is 3. The molecule has 0 saturated carbocycles. The number of hydrogen-bond acceptors (Lipinski definition) is 5. The lowest BCUT2D eigenvalue weighted by atomic mass is 9.99. The Morgan fingerprint density at radius 2 is 1.87 bits per heavy atom. The zero-order chi connectivity index (χ0) is 17.1. The van der Waals surface area contributed by atoms with E-state index in [4.69, 9.17) is 4.74 Å². The van der Waals surface area contributed by atoms with Gasteiger partial charge in [-0.25, -0.2) is 4.79 Å². The van der Waals surface area contributed by atoms with Crippen LogP contribution in [0.4, 0.5) is 0 Å². The molecule has 0 unspecified atom stereocenters. The quantitative estimate of drug-likeness (QED) is 0.545. The molecule has 134 valence electrons. The van der Waals surface area contributed by atoms with Crippen molar-refractivity contribution in [1.82, 2.24) is 0 Å². The topological polar surface area (TPSA) is 87.0 Å². The summed E-state index contributed by atoms with van der Waals surface area (Å²) in [4.78, 5) is 11.9. The van der Waals surface area contributed by atoms with Crippen LogP contribution in [0.25, 0.3) is 0 Å². The monoisotopic (exact) mass is 328 g/mol. The van der Waals surface area contributed by atoms with Crippen LogP contribution >= 0.6 is 0 Å². The molecule has 0 aromatic carbocycles. The average Bonchev–Trinajstić information content (AvgIpc) is 2.51. The normalized spacial score (nSPS) is 32.8.